The van der Waals surface area contributed by atoms with Gasteiger partial charge in [0.05, 0.1) is 41.2 Å². The minimum atomic E-state index is -4.11. The van der Waals surface area contributed by atoms with Gasteiger partial charge in [-0.2, -0.15) is 8.42 Å². The maximum absolute atomic E-state index is 14.5. The van der Waals surface area contributed by atoms with Gasteiger partial charge in [-0.25, -0.2) is 18.2 Å². The van der Waals surface area contributed by atoms with Crippen LogP contribution >= 0.6 is 0 Å². The molecule has 1 amide bonds. The van der Waals surface area contributed by atoms with Gasteiger partial charge in [0, 0.05) is 11.8 Å². The first-order chi connectivity index (χ1) is 20.5. The van der Waals surface area contributed by atoms with Crippen molar-refractivity contribution in [2.75, 3.05) is 11.9 Å². The van der Waals surface area contributed by atoms with Crippen molar-refractivity contribution in [3.63, 3.8) is 0 Å². The van der Waals surface area contributed by atoms with Crippen molar-refractivity contribution < 1.29 is 40.4 Å². The van der Waals surface area contributed by atoms with Crippen LogP contribution in [0.3, 0.4) is 0 Å². The number of hydrogen-bond acceptors (Lipinski definition) is 8. The van der Waals surface area contributed by atoms with E-state index in [0.29, 0.717) is 12.0 Å². The number of carbonyl (C=O) groups excluding carboxylic acids is 1. The van der Waals surface area contributed by atoms with Crippen LogP contribution in [-0.4, -0.2) is 48.2 Å². The molecule has 2 aromatic carbocycles. The number of nitrogens with one attached hydrogen (secondary N) is 1. The van der Waals surface area contributed by atoms with E-state index in [1.807, 2.05) is 6.92 Å². The molecular formula is C30H26F3N3O6S. The predicted molar refractivity (Wildman–Crippen MR) is 149 cm³/mol. The van der Waals surface area contributed by atoms with Crippen molar-refractivity contribution in [2.24, 2.45) is 0 Å². The Kier molecular flexibility index (Phi) is 8.87. The highest BCUT2D eigenvalue weighted by Gasteiger charge is 2.34. The molecule has 0 unspecified atom stereocenters. The van der Waals surface area contributed by atoms with Crippen molar-refractivity contribution in [2.45, 2.75) is 43.0 Å². The smallest absolute Gasteiger partial charge is 0.297 e. The zero-order valence-electron chi connectivity index (χ0n) is 22.7. The molecule has 5 rings (SSSR count). The van der Waals surface area contributed by atoms with Gasteiger partial charge in [0.25, 0.3) is 16.0 Å². The van der Waals surface area contributed by atoms with E-state index in [1.165, 1.54) is 24.5 Å². The number of anilines is 1. The number of nitrogens with zero attached hydrogens (tertiary/aromatic N) is 2. The number of aliphatic hydroxyl groups excluding tert-OH is 1. The van der Waals surface area contributed by atoms with Gasteiger partial charge in [0.1, 0.15) is 34.9 Å². The van der Waals surface area contributed by atoms with E-state index in [4.69, 9.17) is 8.92 Å². The van der Waals surface area contributed by atoms with Gasteiger partial charge < -0.3 is 15.2 Å². The lowest BCUT2D eigenvalue weighted by Crippen LogP contribution is -2.39. The Bertz CT molecular complexity index is 1730. The first kappa shape index (κ1) is 30.3. The number of benzene rings is 2. The third-order valence-corrected chi connectivity index (χ3v) is 8.21. The number of hydrogen-bond donors (Lipinski definition) is 2. The molecular weight excluding hydrogens is 587 g/mol. The summed E-state index contributed by atoms with van der Waals surface area (Å²) in [5, 5.41) is 13.1. The van der Waals surface area contributed by atoms with Crippen LogP contribution in [0.2, 0.25) is 0 Å². The molecule has 13 heteroatoms. The molecule has 4 aromatic rings. The molecule has 2 N–H and O–H groups in total. The quantitative estimate of drug-likeness (QED) is 0.263. The molecule has 1 aliphatic rings. The molecule has 1 aliphatic heterocycles. The second kappa shape index (κ2) is 12.6. The number of aromatic nitrogens is 2. The molecule has 0 spiro atoms. The minimum Gasteiger partial charge on any atom is -0.390 e. The number of rotatable bonds is 8. The van der Waals surface area contributed by atoms with Gasteiger partial charge in [-0.05, 0) is 62.2 Å². The van der Waals surface area contributed by atoms with Crippen LogP contribution in [0.4, 0.5) is 18.9 Å². The summed E-state index contributed by atoms with van der Waals surface area (Å²) in [7, 11) is -4.11. The van der Waals surface area contributed by atoms with Crippen molar-refractivity contribution >= 4 is 21.7 Å². The monoisotopic (exact) mass is 613 g/mol. The Balaban J connectivity index is 1.33. The second-order valence-corrected chi connectivity index (χ2v) is 11.5. The fourth-order valence-corrected chi connectivity index (χ4v) is 5.55. The van der Waals surface area contributed by atoms with Crippen LogP contribution in [0.25, 0.3) is 11.3 Å². The fraction of sp³-hybridized carbons (Fsp3) is 0.233. The molecule has 0 aliphatic carbocycles. The highest BCUT2D eigenvalue weighted by atomic mass is 32.2. The Hall–Kier alpha value is -4.17. The Labute approximate surface area is 245 Å². The van der Waals surface area contributed by atoms with Gasteiger partial charge in [0.15, 0.2) is 0 Å². The van der Waals surface area contributed by atoms with Gasteiger partial charge in [-0.1, -0.05) is 23.8 Å². The summed E-state index contributed by atoms with van der Waals surface area (Å²) in [6, 6.07) is 12.7. The topological polar surface area (TPSA) is 128 Å². The third-order valence-electron chi connectivity index (χ3n) is 6.92. The maximum Gasteiger partial charge on any atom is 0.297 e. The fourth-order valence-electron chi connectivity index (χ4n) is 4.63. The lowest BCUT2D eigenvalue weighted by Gasteiger charge is -2.34. The van der Waals surface area contributed by atoms with E-state index in [9.17, 15) is 31.5 Å². The van der Waals surface area contributed by atoms with Crippen molar-refractivity contribution in [3.05, 3.63) is 107 Å². The van der Waals surface area contributed by atoms with E-state index in [0.717, 1.165) is 35.9 Å². The second-order valence-electron chi connectivity index (χ2n) is 9.90. The molecule has 3 heterocycles. The first-order valence-corrected chi connectivity index (χ1v) is 14.6. The summed E-state index contributed by atoms with van der Waals surface area (Å²) >= 11 is 0. The summed E-state index contributed by atoms with van der Waals surface area (Å²) < 4.78 is 79.6. The number of amides is 1. The molecule has 2 aromatic heterocycles. The molecule has 1 saturated heterocycles. The van der Waals surface area contributed by atoms with E-state index >= 15 is 0 Å². The molecule has 224 valence electrons. The zero-order chi connectivity index (χ0) is 30.7. The standard InChI is InChI=1S/C30H26F3N3O6S/c1-17-5-7-18(8-6-17)43(39,40)41-16-27-25(37)11-12-26(42-27)19-13-14-34-15-24(19)36-30(38)23-10-9-22(33)29(35-23)28-20(31)3-2-4-21(28)32/h2-10,13-15,25-27,37H,11-12,16H2,1H3,(H,36,38)/t25-,26+,27+/m0/s1. The highest BCUT2D eigenvalue weighted by Crippen LogP contribution is 2.36. The maximum atomic E-state index is 14.5. The van der Waals surface area contributed by atoms with Crippen LogP contribution in [-0.2, 0) is 19.0 Å². The van der Waals surface area contributed by atoms with Gasteiger partial charge in [-0.15, -0.1) is 0 Å². The van der Waals surface area contributed by atoms with Gasteiger partial charge in [0.2, 0.25) is 0 Å². The van der Waals surface area contributed by atoms with Crippen molar-refractivity contribution in [1.29, 1.82) is 0 Å². The molecule has 3 atom stereocenters. The number of ether oxygens (including phenoxy) is 1. The average Bonchev–Trinajstić information content (AvgIpc) is 2.98. The van der Waals surface area contributed by atoms with Gasteiger partial charge >= 0.3 is 0 Å². The Morgan fingerprint density at radius 2 is 1.74 bits per heavy atom. The summed E-state index contributed by atoms with van der Waals surface area (Å²) in [5.74, 6) is -3.91. The first-order valence-electron chi connectivity index (χ1n) is 13.2. The average molecular weight is 614 g/mol. The number of aryl methyl sites for hydroxylation is 1. The summed E-state index contributed by atoms with van der Waals surface area (Å²) in [6.45, 7) is 1.37. The lowest BCUT2D eigenvalue weighted by molar-refractivity contribution is -0.131. The Morgan fingerprint density at radius 3 is 2.47 bits per heavy atom. The normalized spacial score (nSPS) is 18.8. The van der Waals surface area contributed by atoms with Crippen molar-refractivity contribution in [3.8, 4) is 11.3 Å². The van der Waals surface area contributed by atoms with Crippen LogP contribution in [0.15, 0.2) is 78.0 Å². The van der Waals surface area contributed by atoms with E-state index in [-0.39, 0.29) is 22.7 Å². The largest absolute Gasteiger partial charge is 0.390 e. The van der Waals surface area contributed by atoms with Crippen LogP contribution in [0.1, 0.15) is 40.6 Å². The van der Waals surface area contributed by atoms with E-state index < -0.39 is 69.7 Å². The Morgan fingerprint density at radius 1 is 1.02 bits per heavy atom. The zero-order valence-corrected chi connectivity index (χ0v) is 23.5. The number of pyridine rings is 2. The molecule has 43 heavy (non-hydrogen) atoms. The number of halogens is 3. The molecule has 9 nitrogen and oxygen atoms in total. The third kappa shape index (κ3) is 6.75. The van der Waals surface area contributed by atoms with E-state index in [2.05, 4.69) is 15.3 Å². The van der Waals surface area contributed by atoms with Crippen LogP contribution in [0, 0.1) is 24.4 Å². The molecule has 0 bridgehead atoms. The van der Waals surface area contributed by atoms with Crippen LogP contribution < -0.4 is 5.32 Å². The van der Waals surface area contributed by atoms with Crippen LogP contribution in [0.5, 0.6) is 0 Å². The van der Waals surface area contributed by atoms with Gasteiger partial charge in [-0.3, -0.25) is 14.0 Å². The number of aliphatic hydroxyl groups is 1. The lowest BCUT2D eigenvalue weighted by atomic mass is 9.96. The molecule has 1 fully saturated rings. The predicted octanol–water partition coefficient (Wildman–Crippen LogP) is 5.11. The molecule has 0 radical (unpaired) electrons. The molecule has 0 saturated carbocycles. The van der Waals surface area contributed by atoms with E-state index in [1.54, 1.807) is 18.2 Å². The summed E-state index contributed by atoms with van der Waals surface area (Å²) in [6.07, 6.45) is 0.661. The summed E-state index contributed by atoms with van der Waals surface area (Å²) in [4.78, 5) is 21.0. The summed E-state index contributed by atoms with van der Waals surface area (Å²) in [5.41, 5.74) is -0.148. The highest BCUT2D eigenvalue weighted by molar-refractivity contribution is 7.86. The number of carbonyl (C=O) groups is 1. The SMILES string of the molecule is Cc1ccc(S(=O)(=O)OC[C@H]2O[C@@H](c3ccncc3NC(=O)c3ccc(F)c(-c4c(F)cccc4F)n3)CC[C@@H]2O)cc1. The minimum absolute atomic E-state index is 0.0330. The van der Waals surface area contributed by atoms with Crippen molar-refractivity contribution in [1.82, 2.24) is 9.97 Å².